The number of nitrogens with zero attached hydrogens (tertiary/aromatic N) is 1. The van der Waals surface area contributed by atoms with Gasteiger partial charge in [0, 0.05) is 11.9 Å². The number of hydrogen-bond donors (Lipinski definition) is 1. The highest BCUT2D eigenvalue weighted by atomic mass is 79.9. The van der Waals surface area contributed by atoms with Gasteiger partial charge >= 0.3 is 5.97 Å². The molecule has 6 heteroatoms. The topological polar surface area (TPSA) is 70.8 Å². The van der Waals surface area contributed by atoms with Crippen LogP contribution in [-0.2, 0) is 4.79 Å². The number of carboxylic acids is 1. The van der Waals surface area contributed by atoms with Gasteiger partial charge in [0.1, 0.15) is 12.1 Å². The number of amides is 1. The summed E-state index contributed by atoms with van der Waals surface area (Å²) in [5.41, 5.74) is 1.64. The van der Waals surface area contributed by atoms with Gasteiger partial charge in [-0.25, -0.2) is 0 Å². The number of halogens is 1. The second-order valence-corrected chi connectivity index (χ2v) is 5.75. The molecule has 0 spiro atoms. The van der Waals surface area contributed by atoms with E-state index in [1.54, 1.807) is 6.07 Å². The van der Waals surface area contributed by atoms with E-state index in [-0.39, 0.29) is 12.3 Å². The Balaban J connectivity index is 2.37. The Morgan fingerprint density at radius 3 is 2.67 bits per heavy atom. The van der Waals surface area contributed by atoms with Crippen molar-refractivity contribution in [3.05, 3.63) is 34.0 Å². The van der Waals surface area contributed by atoms with E-state index in [1.165, 1.54) is 4.90 Å². The number of aryl methyl sites for hydroxylation is 1. The van der Waals surface area contributed by atoms with Crippen LogP contribution in [0.1, 0.15) is 29.5 Å². The lowest BCUT2D eigenvalue weighted by Crippen LogP contribution is -2.36. The Morgan fingerprint density at radius 1 is 1.33 bits per heavy atom. The minimum Gasteiger partial charge on any atom is -0.480 e. The Morgan fingerprint density at radius 2 is 2.05 bits per heavy atom. The zero-order chi connectivity index (χ0) is 15.6. The van der Waals surface area contributed by atoms with E-state index < -0.39 is 11.9 Å². The first kappa shape index (κ1) is 15.6. The minimum atomic E-state index is -1.04. The highest BCUT2D eigenvalue weighted by molar-refractivity contribution is 9.10. The molecule has 1 aromatic carbocycles. The van der Waals surface area contributed by atoms with Crippen molar-refractivity contribution in [3.63, 3.8) is 0 Å². The minimum absolute atomic E-state index is 0.158. The molecule has 0 radical (unpaired) electrons. The number of furan rings is 1. The van der Waals surface area contributed by atoms with Crippen molar-refractivity contribution in [2.24, 2.45) is 0 Å². The monoisotopic (exact) mass is 353 g/mol. The molecule has 1 aromatic heterocycles. The maximum absolute atomic E-state index is 12.4. The van der Waals surface area contributed by atoms with E-state index >= 15 is 0 Å². The molecule has 0 unspecified atom stereocenters. The summed E-state index contributed by atoms with van der Waals surface area (Å²) in [7, 11) is 0. The van der Waals surface area contributed by atoms with E-state index in [9.17, 15) is 9.59 Å². The lowest BCUT2D eigenvalue weighted by Gasteiger charge is -2.18. The van der Waals surface area contributed by atoms with Gasteiger partial charge in [-0.1, -0.05) is 6.92 Å². The number of benzene rings is 1. The molecule has 0 aliphatic heterocycles. The Bertz CT molecular complexity index is 692. The third-order valence-corrected chi connectivity index (χ3v) is 3.62. The molecule has 0 aliphatic carbocycles. The van der Waals surface area contributed by atoms with Gasteiger partial charge < -0.3 is 14.4 Å². The van der Waals surface area contributed by atoms with Crippen molar-refractivity contribution in [3.8, 4) is 0 Å². The summed E-state index contributed by atoms with van der Waals surface area (Å²) < 4.78 is 6.37. The molecular formula is C15H16BrNO4. The number of carbonyl (C=O) groups is 2. The number of aliphatic carboxylic acids is 1. The van der Waals surface area contributed by atoms with Gasteiger partial charge in [0.15, 0.2) is 5.76 Å². The van der Waals surface area contributed by atoms with Gasteiger partial charge in [-0.15, -0.1) is 0 Å². The standard InChI is InChI=1S/C15H16BrNO4/c1-3-4-17(8-13(18)19)15(20)12-7-10-5-9(2)6-11(16)14(10)21-12/h5-7H,3-4,8H2,1-2H3,(H,18,19). The normalized spacial score (nSPS) is 10.8. The third kappa shape index (κ3) is 3.44. The zero-order valence-electron chi connectivity index (χ0n) is 11.9. The predicted octanol–water partition coefficient (Wildman–Crippen LogP) is 3.44. The number of carboxylic acid groups (broad SMARTS) is 1. The average molecular weight is 354 g/mol. The molecule has 0 bridgehead atoms. The SMILES string of the molecule is CCCN(CC(=O)O)C(=O)c1cc2cc(C)cc(Br)c2o1. The van der Waals surface area contributed by atoms with Gasteiger partial charge in [-0.05, 0) is 53.0 Å². The highest BCUT2D eigenvalue weighted by Gasteiger charge is 2.22. The lowest BCUT2D eigenvalue weighted by atomic mass is 10.2. The van der Waals surface area contributed by atoms with E-state index in [0.29, 0.717) is 18.5 Å². The molecule has 0 aliphatic rings. The van der Waals surface area contributed by atoms with Crippen LogP contribution in [0.4, 0.5) is 0 Å². The van der Waals surface area contributed by atoms with Crippen molar-refractivity contribution in [1.82, 2.24) is 4.90 Å². The van der Waals surface area contributed by atoms with Crippen LogP contribution in [-0.4, -0.2) is 35.0 Å². The maximum Gasteiger partial charge on any atom is 0.323 e. The molecule has 0 saturated heterocycles. The lowest BCUT2D eigenvalue weighted by molar-refractivity contribution is -0.137. The van der Waals surface area contributed by atoms with Gasteiger partial charge in [0.2, 0.25) is 0 Å². The zero-order valence-corrected chi connectivity index (χ0v) is 13.4. The second kappa shape index (κ2) is 6.30. The molecular weight excluding hydrogens is 338 g/mol. The summed E-state index contributed by atoms with van der Waals surface area (Å²) in [4.78, 5) is 24.5. The molecule has 112 valence electrons. The number of rotatable bonds is 5. The second-order valence-electron chi connectivity index (χ2n) is 4.90. The molecule has 1 heterocycles. The molecule has 2 rings (SSSR count). The third-order valence-electron chi connectivity index (χ3n) is 3.03. The summed E-state index contributed by atoms with van der Waals surface area (Å²) in [6.45, 7) is 3.89. The van der Waals surface area contributed by atoms with E-state index in [2.05, 4.69) is 15.9 Å². The summed E-state index contributed by atoms with van der Waals surface area (Å²) in [6, 6.07) is 5.48. The van der Waals surface area contributed by atoms with Crippen molar-refractivity contribution in [2.45, 2.75) is 20.3 Å². The van der Waals surface area contributed by atoms with Crippen LogP contribution in [0.15, 0.2) is 27.1 Å². The van der Waals surface area contributed by atoms with Gasteiger partial charge in [-0.3, -0.25) is 9.59 Å². The first-order valence-electron chi connectivity index (χ1n) is 6.63. The fourth-order valence-electron chi connectivity index (χ4n) is 2.20. The summed E-state index contributed by atoms with van der Waals surface area (Å²) >= 11 is 3.41. The van der Waals surface area contributed by atoms with Crippen molar-refractivity contribution in [1.29, 1.82) is 0 Å². The van der Waals surface area contributed by atoms with Crippen molar-refractivity contribution >= 4 is 38.8 Å². The van der Waals surface area contributed by atoms with Crippen molar-refractivity contribution < 1.29 is 19.1 Å². The first-order valence-corrected chi connectivity index (χ1v) is 7.42. The van der Waals surface area contributed by atoms with E-state index in [0.717, 1.165) is 15.4 Å². The number of fused-ring (bicyclic) bond motifs is 1. The summed E-state index contributed by atoms with van der Waals surface area (Å²) in [6.07, 6.45) is 0.683. The molecule has 0 atom stereocenters. The van der Waals surface area contributed by atoms with Crippen LogP contribution in [0.25, 0.3) is 11.0 Å². The molecule has 1 N–H and O–H groups in total. The maximum atomic E-state index is 12.4. The van der Waals surface area contributed by atoms with E-state index in [4.69, 9.17) is 9.52 Å². The van der Waals surface area contributed by atoms with Gasteiger partial charge in [0.25, 0.3) is 5.91 Å². The first-order chi connectivity index (χ1) is 9.92. The number of carbonyl (C=O) groups excluding carboxylic acids is 1. The fraction of sp³-hybridized carbons (Fsp3) is 0.333. The predicted molar refractivity (Wildman–Crippen MR) is 82.5 cm³/mol. The summed E-state index contributed by atoms with van der Waals surface area (Å²) in [5, 5.41) is 9.71. The summed E-state index contributed by atoms with van der Waals surface area (Å²) in [5.74, 6) is -1.28. The van der Waals surface area contributed by atoms with Crippen LogP contribution in [0.3, 0.4) is 0 Å². The molecule has 1 amide bonds. The van der Waals surface area contributed by atoms with Crippen LogP contribution >= 0.6 is 15.9 Å². The van der Waals surface area contributed by atoms with Crippen LogP contribution in [0.2, 0.25) is 0 Å². The van der Waals surface area contributed by atoms with Crippen molar-refractivity contribution in [2.75, 3.05) is 13.1 Å². The molecule has 0 fully saturated rings. The molecule has 5 nitrogen and oxygen atoms in total. The smallest absolute Gasteiger partial charge is 0.323 e. The highest BCUT2D eigenvalue weighted by Crippen LogP contribution is 2.29. The largest absolute Gasteiger partial charge is 0.480 e. The Kier molecular flexibility index (Phi) is 4.67. The fourth-order valence-corrected chi connectivity index (χ4v) is 2.87. The molecule has 21 heavy (non-hydrogen) atoms. The number of hydrogen-bond acceptors (Lipinski definition) is 3. The van der Waals surface area contributed by atoms with E-state index in [1.807, 2.05) is 26.0 Å². The molecule has 2 aromatic rings. The van der Waals surface area contributed by atoms with Gasteiger partial charge in [0.05, 0.1) is 4.47 Å². The Hall–Kier alpha value is -1.82. The quantitative estimate of drug-likeness (QED) is 0.893. The average Bonchev–Trinajstić information content (AvgIpc) is 2.81. The molecule has 0 saturated carbocycles. The van der Waals surface area contributed by atoms with Gasteiger partial charge in [-0.2, -0.15) is 0 Å². The van der Waals surface area contributed by atoms with Crippen LogP contribution in [0.5, 0.6) is 0 Å². The van der Waals surface area contributed by atoms with Crippen LogP contribution in [0, 0.1) is 6.92 Å². The van der Waals surface area contributed by atoms with Crippen LogP contribution < -0.4 is 0 Å². The Labute approximate surface area is 130 Å².